The monoisotopic (exact) mass is 367 g/mol. The molecule has 140 valence electrons. The molecule has 2 N–H and O–H groups in total. The lowest BCUT2D eigenvalue weighted by Crippen LogP contribution is -2.44. The van der Waals surface area contributed by atoms with Gasteiger partial charge >= 0.3 is 5.97 Å². The number of benzene rings is 1. The minimum Gasteiger partial charge on any atom is -0.479 e. The van der Waals surface area contributed by atoms with Crippen LogP contribution in [0, 0.1) is 20.8 Å². The molecule has 2 aromatic heterocycles. The Hall–Kier alpha value is -3.09. The maximum Gasteiger partial charge on any atom is 0.332 e. The highest BCUT2D eigenvalue weighted by Gasteiger charge is 2.38. The zero-order valence-corrected chi connectivity index (χ0v) is 15.5. The number of H-pyrrole nitrogens is 1. The highest BCUT2D eigenvalue weighted by Crippen LogP contribution is 2.32. The van der Waals surface area contributed by atoms with Crippen LogP contribution in [0.3, 0.4) is 0 Å². The second-order valence-electron chi connectivity index (χ2n) is 7.12. The van der Waals surface area contributed by atoms with E-state index in [4.69, 9.17) is 4.42 Å². The topological polar surface area (TPSA) is 99.4 Å². The summed E-state index contributed by atoms with van der Waals surface area (Å²) in [6.45, 7) is 6.37. The van der Waals surface area contributed by atoms with Crippen LogP contribution in [0.25, 0.3) is 11.0 Å². The summed E-state index contributed by atoms with van der Waals surface area (Å²) in [7, 11) is 0. The Balaban J connectivity index is 1.68. The highest BCUT2D eigenvalue weighted by molar-refractivity contribution is 5.93. The summed E-state index contributed by atoms with van der Waals surface area (Å²) in [5.74, 6) is -1.31. The van der Waals surface area contributed by atoms with Gasteiger partial charge in [0.15, 0.2) is 6.04 Å². The molecule has 1 aliphatic rings. The molecule has 0 unspecified atom stereocenters. The van der Waals surface area contributed by atoms with Gasteiger partial charge in [0.1, 0.15) is 5.58 Å². The third-order valence-corrected chi connectivity index (χ3v) is 5.45. The van der Waals surface area contributed by atoms with Crippen LogP contribution in [-0.2, 0) is 22.4 Å². The van der Waals surface area contributed by atoms with Crippen molar-refractivity contribution in [3.63, 3.8) is 0 Å². The number of furan rings is 1. The molecule has 3 heterocycles. The van der Waals surface area contributed by atoms with Crippen molar-refractivity contribution in [2.24, 2.45) is 0 Å². The Morgan fingerprint density at radius 1 is 1.33 bits per heavy atom. The van der Waals surface area contributed by atoms with Gasteiger partial charge in [0.25, 0.3) is 0 Å². The number of carbonyl (C=O) groups excluding carboxylic acids is 1. The number of carboxylic acids is 1. The molecule has 1 amide bonds. The van der Waals surface area contributed by atoms with Crippen molar-refractivity contribution in [1.29, 1.82) is 0 Å². The van der Waals surface area contributed by atoms with Gasteiger partial charge in [0, 0.05) is 29.6 Å². The molecule has 0 bridgehead atoms. The Bertz CT molecular complexity index is 1060. The maximum absolute atomic E-state index is 13.0. The Kier molecular flexibility index (Phi) is 4.02. The SMILES string of the molecule is Cc1cc(C)c2c(CC(=O)N3CCc4[nH]cnc4[C@H]3C(=O)O)coc2c1C. The standard InChI is InChI=1S/C20H21N3O4/c1-10-6-11(2)16-13(8-27-19(16)12(10)3)7-15(24)23-5-4-14-17(22-9-21-14)18(23)20(25)26/h6,8-9,18H,4-5,7H2,1-3H3,(H,21,22)(H,25,26)/t18-/m0/s1. The smallest absolute Gasteiger partial charge is 0.332 e. The molecule has 4 rings (SSSR count). The zero-order chi connectivity index (χ0) is 19.3. The van der Waals surface area contributed by atoms with Crippen molar-refractivity contribution in [2.45, 2.75) is 39.7 Å². The molecule has 7 heteroatoms. The van der Waals surface area contributed by atoms with Gasteiger partial charge in [-0.2, -0.15) is 0 Å². The summed E-state index contributed by atoms with van der Waals surface area (Å²) in [5, 5.41) is 10.6. The second kappa shape index (κ2) is 6.26. The van der Waals surface area contributed by atoms with Crippen LogP contribution in [-0.4, -0.2) is 38.4 Å². The van der Waals surface area contributed by atoms with E-state index in [1.807, 2.05) is 20.8 Å². The summed E-state index contributed by atoms with van der Waals surface area (Å²) in [5.41, 5.74) is 6.01. The van der Waals surface area contributed by atoms with Crippen molar-refractivity contribution in [2.75, 3.05) is 6.54 Å². The van der Waals surface area contributed by atoms with Crippen LogP contribution in [0.15, 0.2) is 23.1 Å². The third-order valence-electron chi connectivity index (χ3n) is 5.45. The highest BCUT2D eigenvalue weighted by atomic mass is 16.4. The molecule has 27 heavy (non-hydrogen) atoms. The normalized spacial score (nSPS) is 16.6. The number of aromatic amines is 1. The number of imidazole rings is 1. The number of rotatable bonds is 3. The molecular weight excluding hydrogens is 346 g/mol. The van der Waals surface area contributed by atoms with Crippen molar-refractivity contribution < 1.29 is 19.1 Å². The predicted octanol–water partition coefficient (Wildman–Crippen LogP) is 2.83. The van der Waals surface area contributed by atoms with E-state index in [1.165, 1.54) is 11.2 Å². The summed E-state index contributed by atoms with van der Waals surface area (Å²) in [4.78, 5) is 33.3. The van der Waals surface area contributed by atoms with Crippen molar-refractivity contribution in [3.05, 3.63) is 52.3 Å². The first-order chi connectivity index (χ1) is 12.9. The van der Waals surface area contributed by atoms with Crippen molar-refractivity contribution >= 4 is 22.8 Å². The molecule has 0 saturated carbocycles. The molecule has 1 aromatic carbocycles. The number of hydrogen-bond acceptors (Lipinski definition) is 4. The number of aromatic nitrogens is 2. The van der Waals surface area contributed by atoms with Crippen LogP contribution in [0.5, 0.6) is 0 Å². The van der Waals surface area contributed by atoms with Gasteiger partial charge in [-0.1, -0.05) is 6.07 Å². The molecule has 1 aliphatic heterocycles. The average Bonchev–Trinajstić information content (AvgIpc) is 3.25. The van der Waals surface area contributed by atoms with Crippen LogP contribution in [0.4, 0.5) is 0 Å². The molecule has 0 radical (unpaired) electrons. The molecule has 1 atom stereocenters. The lowest BCUT2D eigenvalue weighted by atomic mass is 9.97. The molecule has 7 nitrogen and oxygen atoms in total. The molecule has 3 aromatic rings. The summed E-state index contributed by atoms with van der Waals surface area (Å²) >= 11 is 0. The number of nitrogens with zero attached hydrogens (tertiary/aromatic N) is 2. The van der Waals surface area contributed by atoms with E-state index in [-0.39, 0.29) is 12.3 Å². The minimum absolute atomic E-state index is 0.0971. The first-order valence-electron chi connectivity index (χ1n) is 8.89. The molecular formula is C20H21N3O4. The van der Waals surface area contributed by atoms with Crippen molar-refractivity contribution in [3.8, 4) is 0 Å². The quantitative estimate of drug-likeness (QED) is 0.741. The Morgan fingerprint density at radius 2 is 2.11 bits per heavy atom. The fourth-order valence-electron chi connectivity index (χ4n) is 3.98. The van der Waals surface area contributed by atoms with E-state index >= 15 is 0 Å². The van der Waals surface area contributed by atoms with Gasteiger partial charge in [-0.05, 0) is 37.5 Å². The minimum atomic E-state index is -1.07. The van der Waals surface area contributed by atoms with Gasteiger partial charge in [-0.15, -0.1) is 0 Å². The number of amides is 1. The number of aliphatic carboxylic acids is 1. The number of aryl methyl sites for hydroxylation is 3. The fraction of sp³-hybridized carbons (Fsp3) is 0.350. The van der Waals surface area contributed by atoms with E-state index in [1.54, 1.807) is 6.26 Å². The van der Waals surface area contributed by atoms with Gasteiger partial charge in [-0.25, -0.2) is 9.78 Å². The Labute approximate surface area is 156 Å². The van der Waals surface area contributed by atoms with E-state index in [0.717, 1.165) is 38.9 Å². The lowest BCUT2D eigenvalue weighted by Gasteiger charge is -2.32. The molecule has 0 fully saturated rings. The summed E-state index contributed by atoms with van der Waals surface area (Å²) in [6.07, 6.45) is 3.75. The van der Waals surface area contributed by atoms with Crippen LogP contribution in [0.2, 0.25) is 0 Å². The van der Waals surface area contributed by atoms with Gasteiger partial charge < -0.3 is 19.4 Å². The van der Waals surface area contributed by atoms with E-state index in [2.05, 4.69) is 16.0 Å². The van der Waals surface area contributed by atoms with Crippen molar-refractivity contribution in [1.82, 2.24) is 14.9 Å². The van der Waals surface area contributed by atoms with Gasteiger partial charge in [0.05, 0.1) is 24.7 Å². The largest absolute Gasteiger partial charge is 0.479 e. The first kappa shape index (κ1) is 17.3. The van der Waals surface area contributed by atoms with Crippen LogP contribution in [0.1, 0.15) is 39.7 Å². The van der Waals surface area contributed by atoms with E-state index < -0.39 is 12.0 Å². The van der Waals surface area contributed by atoms with Gasteiger partial charge in [0.2, 0.25) is 5.91 Å². The van der Waals surface area contributed by atoms with Gasteiger partial charge in [-0.3, -0.25) is 4.79 Å². The summed E-state index contributed by atoms with van der Waals surface area (Å²) in [6, 6.07) is 1.02. The van der Waals surface area contributed by atoms with Crippen LogP contribution < -0.4 is 0 Å². The Morgan fingerprint density at radius 3 is 2.85 bits per heavy atom. The average molecular weight is 367 g/mol. The summed E-state index contributed by atoms with van der Waals surface area (Å²) < 4.78 is 5.74. The number of hydrogen-bond donors (Lipinski definition) is 2. The first-order valence-corrected chi connectivity index (χ1v) is 8.89. The number of fused-ring (bicyclic) bond motifs is 2. The number of carbonyl (C=O) groups is 2. The zero-order valence-electron chi connectivity index (χ0n) is 15.5. The second-order valence-corrected chi connectivity index (χ2v) is 7.12. The molecule has 0 spiro atoms. The maximum atomic E-state index is 13.0. The predicted molar refractivity (Wildman–Crippen MR) is 98.5 cm³/mol. The number of nitrogens with one attached hydrogen (secondary N) is 1. The van der Waals surface area contributed by atoms with Crippen LogP contribution >= 0.6 is 0 Å². The lowest BCUT2D eigenvalue weighted by molar-refractivity contribution is -0.151. The molecule has 0 saturated heterocycles. The molecule has 0 aliphatic carbocycles. The number of carboxylic acid groups (broad SMARTS) is 1. The fourth-order valence-corrected chi connectivity index (χ4v) is 3.98. The van der Waals surface area contributed by atoms with E-state index in [0.29, 0.717) is 18.7 Å². The third kappa shape index (κ3) is 2.70. The van der Waals surface area contributed by atoms with E-state index in [9.17, 15) is 14.7 Å².